The minimum Gasteiger partial charge on any atom is -0.381 e. The molecule has 31 heavy (non-hydrogen) atoms. The Balaban J connectivity index is 0.00000341. The van der Waals surface area contributed by atoms with Gasteiger partial charge in [0.25, 0.3) is 0 Å². The summed E-state index contributed by atoms with van der Waals surface area (Å²) in [5.41, 5.74) is 2.19. The molecule has 2 aromatic carbocycles. The van der Waals surface area contributed by atoms with Gasteiger partial charge in [-0.05, 0) is 49.4 Å². The average molecular weight is 540 g/mol. The van der Waals surface area contributed by atoms with Crippen molar-refractivity contribution in [1.29, 1.82) is 0 Å². The maximum atomic E-state index is 13.3. The predicted octanol–water partition coefficient (Wildman–Crippen LogP) is 4.05. The van der Waals surface area contributed by atoms with Crippen molar-refractivity contribution in [3.8, 4) is 0 Å². The lowest BCUT2D eigenvalue weighted by Crippen LogP contribution is -2.58. The van der Waals surface area contributed by atoms with Crippen LogP contribution in [-0.2, 0) is 11.2 Å². The Morgan fingerprint density at radius 3 is 2.52 bits per heavy atom. The van der Waals surface area contributed by atoms with Gasteiger partial charge in [-0.2, -0.15) is 0 Å². The van der Waals surface area contributed by atoms with Crippen molar-refractivity contribution in [2.24, 2.45) is 4.99 Å². The van der Waals surface area contributed by atoms with Crippen LogP contribution in [0.25, 0.3) is 0 Å². The Bertz CT molecular complexity index is 812. The highest BCUT2D eigenvalue weighted by atomic mass is 127. The maximum absolute atomic E-state index is 13.3. The van der Waals surface area contributed by atoms with Crippen molar-refractivity contribution >= 4 is 29.9 Å². The van der Waals surface area contributed by atoms with Gasteiger partial charge in [-0.1, -0.05) is 42.5 Å². The van der Waals surface area contributed by atoms with Crippen LogP contribution in [0.2, 0.25) is 0 Å². The van der Waals surface area contributed by atoms with Crippen LogP contribution < -0.4 is 16.0 Å². The van der Waals surface area contributed by atoms with Gasteiger partial charge in [0.05, 0.1) is 0 Å². The number of hydrogen-bond donors (Lipinski definition) is 3. The quantitative estimate of drug-likeness (QED) is 0.269. The van der Waals surface area contributed by atoms with Crippen LogP contribution in [0.1, 0.15) is 36.9 Å². The summed E-state index contributed by atoms with van der Waals surface area (Å²) in [6, 6.07) is 17.5. The molecule has 0 saturated carbocycles. The predicted molar refractivity (Wildman–Crippen MR) is 136 cm³/mol. The Morgan fingerprint density at radius 2 is 1.84 bits per heavy atom. The van der Waals surface area contributed by atoms with Crippen LogP contribution in [0.4, 0.5) is 4.39 Å². The fourth-order valence-corrected chi connectivity index (χ4v) is 3.91. The van der Waals surface area contributed by atoms with Crippen LogP contribution >= 0.6 is 24.0 Å². The molecule has 3 N–H and O–H groups in total. The summed E-state index contributed by atoms with van der Waals surface area (Å²) in [5, 5.41) is 10.7. The summed E-state index contributed by atoms with van der Waals surface area (Å²) < 4.78 is 19.0. The van der Waals surface area contributed by atoms with E-state index in [1.54, 1.807) is 19.2 Å². The Morgan fingerprint density at radius 1 is 1.10 bits per heavy atom. The van der Waals surface area contributed by atoms with Gasteiger partial charge in [-0.15, -0.1) is 24.0 Å². The molecule has 1 saturated heterocycles. The van der Waals surface area contributed by atoms with Gasteiger partial charge < -0.3 is 20.7 Å². The smallest absolute Gasteiger partial charge is 0.191 e. The number of halogens is 2. The van der Waals surface area contributed by atoms with Crippen LogP contribution in [0.3, 0.4) is 0 Å². The third-order valence-electron chi connectivity index (χ3n) is 5.69. The van der Waals surface area contributed by atoms with Crippen molar-refractivity contribution in [2.75, 3.05) is 33.4 Å². The van der Waals surface area contributed by atoms with E-state index >= 15 is 0 Å². The highest BCUT2D eigenvalue weighted by molar-refractivity contribution is 14.0. The monoisotopic (exact) mass is 540 g/mol. The molecule has 0 radical (unpaired) electrons. The summed E-state index contributed by atoms with van der Waals surface area (Å²) in [7, 11) is 1.77. The zero-order valence-electron chi connectivity index (χ0n) is 18.4. The van der Waals surface area contributed by atoms with Gasteiger partial charge in [0.15, 0.2) is 5.96 Å². The van der Waals surface area contributed by atoms with Crippen molar-refractivity contribution in [3.05, 3.63) is 71.5 Å². The first-order chi connectivity index (χ1) is 14.6. The Labute approximate surface area is 202 Å². The molecule has 0 aromatic heterocycles. The molecule has 3 rings (SSSR count). The van der Waals surface area contributed by atoms with E-state index in [9.17, 15) is 4.39 Å². The number of ether oxygens (including phenoxy) is 1. The van der Waals surface area contributed by atoms with E-state index < -0.39 is 0 Å². The fraction of sp³-hybridized carbons (Fsp3) is 0.458. The highest BCUT2D eigenvalue weighted by Gasteiger charge is 2.34. The molecule has 1 aliphatic heterocycles. The van der Waals surface area contributed by atoms with E-state index in [4.69, 9.17) is 4.74 Å². The maximum Gasteiger partial charge on any atom is 0.191 e. The lowest BCUT2D eigenvalue weighted by Gasteiger charge is -2.41. The number of nitrogens with one attached hydrogen (secondary N) is 3. The molecule has 0 aliphatic carbocycles. The summed E-state index contributed by atoms with van der Waals surface area (Å²) in [4.78, 5) is 4.35. The van der Waals surface area contributed by atoms with Crippen LogP contribution in [0.5, 0.6) is 0 Å². The average Bonchev–Trinajstić information content (AvgIpc) is 2.77. The molecule has 5 nitrogen and oxygen atoms in total. The third kappa shape index (κ3) is 8.05. The van der Waals surface area contributed by atoms with Crippen LogP contribution in [0.15, 0.2) is 59.6 Å². The van der Waals surface area contributed by atoms with Crippen LogP contribution in [0, 0.1) is 5.82 Å². The van der Waals surface area contributed by atoms with E-state index in [0.717, 1.165) is 50.5 Å². The van der Waals surface area contributed by atoms with Gasteiger partial charge >= 0.3 is 0 Å². The molecule has 1 heterocycles. The number of aliphatic imine (C=N–C) groups is 1. The number of hydrogen-bond acceptors (Lipinski definition) is 3. The van der Waals surface area contributed by atoms with Crippen molar-refractivity contribution in [3.63, 3.8) is 0 Å². The molecular weight excluding hydrogens is 506 g/mol. The molecule has 0 spiro atoms. The first-order valence-electron chi connectivity index (χ1n) is 10.7. The molecule has 1 fully saturated rings. The van der Waals surface area contributed by atoms with Crippen molar-refractivity contribution < 1.29 is 9.13 Å². The summed E-state index contributed by atoms with van der Waals surface area (Å²) in [6.07, 6.45) is 2.62. The van der Waals surface area contributed by atoms with Crippen molar-refractivity contribution in [2.45, 2.75) is 37.8 Å². The van der Waals surface area contributed by atoms with E-state index in [1.165, 1.54) is 11.6 Å². The largest absolute Gasteiger partial charge is 0.381 e. The summed E-state index contributed by atoms with van der Waals surface area (Å²) >= 11 is 0. The number of guanidine groups is 1. The van der Waals surface area contributed by atoms with Gasteiger partial charge in [0.1, 0.15) is 5.82 Å². The molecule has 1 aliphatic rings. The molecule has 7 heteroatoms. The molecule has 1 unspecified atom stereocenters. The Hall–Kier alpha value is -1.71. The number of benzene rings is 2. The summed E-state index contributed by atoms with van der Waals surface area (Å²) in [6.45, 7) is 5.16. The molecule has 0 bridgehead atoms. The number of nitrogens with zero attached hydrogens (tertiary/aromatic N) is 1. The van der Waals surface area contributed by atoms with Gasteiger partial charge in [-0.3, -0.25) is 4.99 Å². The molecule has 1 atom stereocenters. The van der Waals surface area contributed by atoms with Crippen LogP contribution in [-0.4, -0.2) is 44.8 Å². The molecule has 0 amide bonds. The van der Waals surface area contributed by atoms with Crippen molar-refractivity contribution in [1.82, 2.24) is 16.0 Å². The second-order valence-electron chi connectivity index (χ2n) is 7.90. The first kappa shape index (κ1) is 25.5. The minimum absolute atomic E-state index is 0. The lowest BCUT2D eigenvalue weighted by molar-refractivity contribution is 0.0355. The van der Waals surface area contributed by atoms with Gasteiger partial charge in [0, 0.05) is 44.9 Å². The molecule has 2 aromatic rings. The van der Waals surface area contributed by atoms with E-state index in [2.05, 4.69) is 52.1 Å². The standard InChI is InChI=1S/C24H33FN4O.HI/c1-19(21-8-4-3-5-9-21)29-24(12-15-30-16-13-24)18-28-23(26-2)27-14-11-20-7-6-10-22(25)17-20;/h3-10,17,19,29H,11-16,18H2,1-2H3,(H2,26,27,28);1H. The molecular formula is C24H34FIN4O. The zero-order chi connectivity index (χ0) is 21.2. The summed E-state index contributed by atoms with van der Waals surface area (Å²) in [5.74, 6) is 0.557. The SMILES string of the molecule is CN=C(NCCc1cccc(F)c1)NCC1(NC(C)c2ccccc2)CCOCC1.I. The Kier molecular flexibility index (Phi) is 10.7. The van der Waals surface area contributed by atoms with E-state index in [0.29, 0.717) is 6.54 Å². The van der Waals surface area contributed by atoms with Gasteiger partial charge in [0.2, 0.25) is 0 Å². The molecule has 170 valence electrons. The highest BCUT2D eigenvalue weighted by Crippen LogP contribution is 2.25. The lowest BCUT2D eigenvalue weighted by atomic mass is 9.88. The topological polar surface area (TPSA) is 57.7 Å². The minimum atomic E-state index is -0.199. The van der Waals surface area contributed by atoms with Gasteiger partial charge in [-0.25, -0.2) is 4.39 Å². The van der Waals surface area contributed by atoms with E-state index in [-0.39, 0.29) is 41.4 Å². The number of rotatable bonds is 8. The van der Waals surface area contributed by atoms with E-state index in [1.807, 2.05) is 12.1 Å². The second-order valence-corrected chi connectivity index (χ2v) is 7.90. The third-order valence-corrected chi connectivity index (χ3v) is 5.69. The fourth-order valence-electron chi connectivity index (χ4n) is 3.91. The zero-order valence-corrected chi connectivity index (χ0v) is 20.7. The normalized spacial score (nSPS) is 16.8. The first-order valence-corrected chi connectivity index (χ1v) is 10.7. The second kappa shape index (κ2) is 13.0.